The Morgan fingerprint density at radius 2 is 2.42 bits per heavy atom. The Morgan fingerprint density at radius 1 is 1.67 bits per heavy atom. The van der Waals surface area contributed by atoms with E-state index in [1.54, 1.807) is 12.4 Å². The molecule has 0 fully saturated rings. The van der Waals surface area contributed by atoms with E-state index in [1.165, 1.54) is 4.52 Å². The van der Waals surface area contributed by atoms with Gasteiger partial charge in [0.2, 0.25) is 0 Å². The van der Waals surface area contributed by atoms with Gasteiger partial charge in [-0.25, -0.2) is 4.52 Å². The fourth-order valence-electron chi connectivity index (χ4n) is 0.959. The number of rotatable bonds is 0. The van der Waals surface area contributed by atoms with Crippen molar-refractivity contribution < 1.29 is 0 Å². The topological polar surface area (TPSA) is 50.2 Å². The highest BCUT2D eigenvalue weighted by atomic mass is 127. The molecule has 12 heavy (non-hydrogen) atoms. The van der Waals surface area contributed by atoms with Gasteiger partial charge in [-0.1, -0.05) is 11.6 Å². The van der Waals surface area contributed by atoms with E-state index in [2.05, 4.69) is 10.1 Å². The molecular weight excluding hydrogens is 292 g/mol. The smallest absolute Gasteiger partial charge is 0.276 e. The van der Waals surface area contributed by atoms with Crippen molar-refractivity contribution in [1.29, 1.82) is 0 Å². The lowest BCUT2D eigenvalue weighted by Crippen LogP contribution is -2.10. The molecule has 4 nitrogen and oxygen atoms in total. The number of nitrogens with one attached hydrogen (secondary N) is 1. The molecule has 0 saturated carbocycles. The first kappa shape index (κ1) is 8.06. The van der Waals surface area contributed by atoms with Crippen LogP contribution in [0.3, 0.4) is 0 Å². The summed E-state index contributed by atoms with van der Waals surface area (Å²) in [5.41, 5.74) is 0.310. The maximum atomic E-state index is 11.3. The molecule has 0 saturated heterocycles. The first-order valence-electron chi connectivity index (χ1n) is 3.10. The van der Waals surface area contributed by atoms with Gasteiger partial charge >= 0.3 is 0 Å². The number of nitrogens with zero attached hydrogens (tertiary/aromatic N) is 2. The van der Waals surface area contributed by atoms with Gasteiger partial charge in [-0.3, -0.25) is 4.79 Å². The molecule has 2 rings (SSSR count). The first-order valence-corrected chi connectivity index (χ1v) is 4.56. The highest BCUT2D eigenvalue weighted by molar-refractivity contribution is 14.1. The summed E-state index contributed by atoms with van der Waals surface area (Å²) in [5.74, 6) is 0. The summed E-state index contributed by atoms with van der Waals surface area (Å²) in [6.07, 6.45) is 3.17. The summed E-state index contributed by atoms with van der Waals surface area (Å²) in [4.78, 5) is 13.8. The maximum absolute atomic E-state index is 11.3. The molecule has 0 radical (unpaired) electrons. The summed E-state index contributed by atoms with van der Waals surface area (Å²) >= 11 is 7.66. The predicted molar refractivity (Wildman–Crippen MR) is 53.5 cm³/mol. The summed E-state index contributed by atoms with van der Waals surface area (Å²) in [5, 5.41) is 4.23. The second-order valence-electron chi connectivity index (χ2n) is 2.22. The lowest BCUT2D eigenvalue weighted by Gasteiger charge is -1.92. The van der Waals surface area contributed by atoms with Crippen molar-refractivity contribution in [2.45, 2.75) is 0 Å². The highest BCUT2D eigenvalue weighted by Crippen LogP contribution is 2.09. The third-order valence-electron chi connectivity index (χ3n) is 1.43. The Morgan fingerprint density at radius 3 is 3.17 bits per heavy atom. The lowest BCUT2D eigenvalue weighted by molar-refractivity contribution is 0.936. The van der Waals surface area contributed by atoms with E-state index in [4.69, 9.17) is 11.6 Å². The van der Waals surface area contributed by atoms with E-state index in [0.717, 1.165) is 3.57 Å². The van der Waals surface area contributed by atoms with Crippen molar-refractivity contribution in [2.24, 2.45) is 0 Å². The van der Waals surface area contributed by atoms with Crippen molar-refractivity contribution >= 4 is 39.7 Å². The molecule has 6 heteroatoms. The van der Waals surface area contributed by atoms with Gasteiger partial charge in [0.25, 0.3) is 5.56 Å². The second-order valence-corrected chi connectivity index (χ2v) is 3.79. The standard InChI is InChI=1S/C6H3ClIN3O/c7-4-2-11-5(6(12)10-4)3(8)1-9-11/h1-2H,(H,10,12). The van der Waals surface area contributed by atoms with Crippen LogP contribution in [0, 0.1) is 3.57 Å². The molecule has 0 amide bonds. The Hall–Kier alpha value is -0.560. The number of hydrogen-bond donors (Lipinski definition) is 1. The summed E-state index contributed by atoms with van der Waals surface area (Å²) < 4.78 is 2.27. The van der Waals surface area contributed by atoms with Crippen LogP contribution in [0.15, 0.2) is 17.2 Å². The van der Waals surface area contributed by atoms with Crippen LogP contribution >= 0.6 is 34.2 Å². The molecule has 0 aliphatic carbocycles. The predicted octanol–water partition coefficient (Wildman–Crippen LogP) is 1.28. The summed E-state index contributed by atoms with van der Waals surface area (Å²) in [6.45, 7) is 0. The zero-order valence-electron chi connectivity index (χ0n) is 5.71. The lowest BCUT2D eigenvalue weighted by atomic mass is 10.5. The van der Waals surface area contributed by atoms with Crippen molar-refractivity contribution in [3.63, 3.8) is 0 Å². The minimum absolute atomic E-state index is 0.218. The monoisotopic (exact) mass is 295 g/mol. The van der Waals surface area contributed by atoms with Gasteiger partial charge < -0.3 is 4.98 Å². The van der Waals surface area contributed by atoms with Gasteiger partial charge in [-0.05, 0) is 22.6 Å². The molecule has 1 N–H and O–H groups in total. The largest absolute Gasteiger partial charge is 0.310 e. The van der Waals surface area contributed by atoms with E-state index in [-0.39, 0.29) is 10.7 Å². The van der Waals surface area contributed by atoms with Crippen LogP contribution < -0.4 is 5.56 Å². The number of halogens is 2. The van der Waals surface area contributed by atoms with Crippen LogP contribution in [0.5, 0.6) is 0 Å². The number of hydrogen-bond acceptors (Lipinski definition) is 2. The van der Waals surface area contributed by atoms with Gasteiger partial charge in [0.15, 0.2) is 0 Å². The van der Waals surface area contributed by atoms with E-state index < -0.39 is 0 Å². The molecule has 62 valence electrons. The van der Waals surface area contributed by atoms with E-state index in [1.807, 2.05) is 22.6 Å². The second kappa shape index (κ2) is 2.74. The number of fused-ring (bicyclic) bond motifs is 1. The Labute approximate surface area is 85.7 Å². The van der Waals surface area contributed by atoms with Crippen LogP contribution in [-0.4, -0.2) is 14.6 Å². The minimum atomic E-state index is -0.218. The fourth-order valence-corrected chi connectivity index (χ4v) is 1.75. The van der Waals surface area contributed by atoms with Gasteiger partial charge in [0, 0.05) is 0 Å². The van der Waals surface area contributed by atoms with Gasteiger partial charge in [-0.2, -0.15) is 5.10 Å². The van der Waals surface area contributed by atoms with E-state index >= 15 is 0 Å². The van der Waals surface area contributed by atoms with Crippen molar-refractivity contribution in [3.8, 4) is 0 Å². The molecule has 0 unspecified atom stereocenters. The normalized spacial score (nSPS) is 10.8. The molecule has 2 aromatic heterocycles. The van der Waals surface area contributed by atoms with Crippen LogP contribution in [-0.2, 0) is 0 Å². The van der Waals surface area contributed by atoms with Crippen molar-refractivity contribution in [2.75, 3.05) is 0 Å². The molecule has 0 aliphatic rings. The SMILES string of the molecule is O=c1[nH]c(Cl)cn2ncc(I)c12. The Kier molecular flexibility index (Phi) is 1.84. The molecule has 0 spiro atoms. The van der Waals surface area contributed by atoms with Crippen LogP contribution in [0.4, 0.5) is 0 Å². The van der Waals surface area contributed by atoms with E-state index in [9.17, 15) is 4.79 Å². The third kappa shape index (κ3) is 1.13. The van der Waals surface area contributed by atoms with Gasteiger partial charge in [0.05, 0.1) is 16.0 Å². The van der Waals surface area contributed by atoms with Crippen LogP contribution in [0.2, 0.25) is 5.15 Å². The first-order chi connectivity index (χ1) is 5.68. The van der Waals surface area contributed by atoms with Crippen molar-refractivity contribution in [1.82, 2.24) is 14.6 Å². The Balaban J connectivity index is 3.03. The molecule has 0 bridgehead atoms. The van der Waals surface area contributed by atoms with Crippen LogP contribution in [0.1, 0.15) is 0 Å². The summed E-state index contributed by atoms with van der Waals surface area (Å²) in [7, 11) is 0. The molecule has 2 heterocycles. The molecule has 0 aromatic carbocycles. The Bertz CT molecular complexity index is 489. The average molecular weight is 295 g/mol. The molecule has 0 atom stereocenters. The fraction of sp³-hybridized carbons (Fsp3) is 0. The average Bonchev–Trinajstić information content (AvgIpc) is 2.31. The summed E-state index contributed by atoms with van der Waals surface area (Å²) in [6, 6.07) is 0. The van der Waals surface area contributed by atoms with Gasteiger partial charge in [-0.15, -0.1) is 0 Å². The third-order valence-corrected chi connectivity index (χ3v) is 2.42. The zero-order valence-corrected chi connectivity index (χ0v) is 8.63. The number of aromatic amines is 1. The van der Waals surface area contributed by atoms with Gasteiger partial charge in [0.1, 0.15) is 10.7 Å². The number of aromatic nitrogens is 3. The maximum Gasteiger partial charge on any atom is 0.276 e. The highest BCUT2D eigenvalue weighted by Gasteiger charge is 2.05. The molecule has 2 aromatic rings. The zero-order chi connectivity index (χ0) is 8.72. The minimum Gasteiger partial charge on any atom is -0.310 e. The van der Waals surface area contributed by atoms with Crippen LogP contribution in [0.25, 0.3) is 5.52 Å². The molecule has 0 aliphatic heterocycles. The van der Waals surface area contributed by atoms with Crippen molar-refractivity contribution in [3.05, 3.63) is 31.5 Å². The van der Waals surface area contributed by atoms with E-state index in [0.29, 0.717) is 5.52 Å². The quantitative estimate of drug-likeness (QED) is 0.744. The molecular formula is C6H3ClIN3O. The number of H-pyrrole nitrogens is 1.